The number of ether oxygens (including phenoxy) is 4. The molecule has 2 heterocycles. The van der Waals surface area contributed by atoms with Gasteiger partial charge < -0.3 is 39.4 Å². The third kappa shape index (κ3) is 3.57. The van der Waals surface area contributed by atoms with Gasteiger partial charge in [-0.3, -0.25) is 0 Å². The van der Waals surface area contributed by atoms with Crippen LogP contribution in [0.15, 0.2) is 0 Å². The molecule has 3 aliphatic rings. The van der Waals surface area contributed by atoms with Crippen molar-refractivity contribution in [3.8, 4) is 0 Å². The van der Waals surface area contributed by atoms with Crippen LogP contribution in [-0.2, 0) is 23.7 Å². The molecule has 1 aliphatic carbocycles. The quantitative estimate of drug-likeness (QED) is 0.503. The molecule has 2 aliphatic heterocycles. The Kier molecular flexibility index (Phi) is 5.40. The van der Waals surface area contributed by atoms with Gasteiger partial charge in [-0.15, -0.1) is 0 Å². The Morgan fingerprint density at radius 3 is 2.46 bits per heavy atom. The van der Waals surface area contributed by atoms with Crippen molar-refractivity contribution >= 4 is 5.97 Å². The van der Waals surface area contributed by atoms with Crippen LogP contribution < -0.4 is 0 Å². The number of hydrogen-bond donors (Lipinski definition) is 4. The normalized spacial score (nSPS) is 42.3. The maximum Gasteiger partial charge on any atom is 0.335 e. The Hall–Kier alpha value is -0.810. The zero-order valence-electron chi connectivity index (χ0n) is 13.2. The summed E-state index contributed by atoms with van der Waals surface area (Å²) in [6, 6.07) is 0. The summed E-state index contributed by atoms with van der Waals surface area (Å²) < 4.78 is 22.2. The SMILES string of the molecule is O=C(O)[C@H]1O[C@@H](OCC2COC3(CCCCC3)O2)[C@H](O)[C@@H](O)[C@@H]1O. The van der Waals surface area contributed by atoms with Crippen molar-refractivity contribution in [2.45, 2.75) is 74.7 Å². The topological polar surface area (TPSA) is 135 Å². The second-order valence-electron chi connectivity index (χ2n) is 6.59. The number of aliphatic carboxylic acids is 1. The number of rotatable bonds is 4. The van der Waals surface area contributed by atoms with E-state index >= 15 is 0 Å². The minimum Gasteiger partial charge on any atom is -0.479 e. The third-order valence-corrected chi connectivity index (χ3v) is 4.79. The van der Waals surface area contributed by atoms with E-state index in [0.29, 0.717) is 6.61 Å². The van der Waals surface area contributed by atoms with E-state index in [2.05, 4.69) is 0 Å². The fraction of sp³-hybridized carbons (Fsp3) is 0.933. The van der Waals surface area contributed by atoms with Crippen LogP contribution in [-0.4, -0.2) is 82.2 Å². The van der Waals surface area contributed by atoms with Gasteiger partial charge in [-0.25, -0.2) is 4.79 Å². The standard InChI is InChI=1S/C15H24O9/c16-9-10(17)12(13(19)20)23-14(11(9)18)21-6-8-7-22-15(24-8)4-2-1-3-5-15/h8-12,14,16-18H,1-7H2,(H,19,20)/t8?,9-,10-,11+,12-,14+/m0/s1. The first-order valence-corrected chi connectivity index (χ1v) is 8.28. The summed E-state index contributed by atoms with van der Waals surface area (Å²) in [5.74, 6) is -2.00. The molecule has 1 saturated carbocycles. The summed E-state index contributed by atoms with van der Waals surface area (Å²) >= 11 is 0. The first-order chi connectivity index (χ1) is 11.4. The Morgan fingerprint density at radius 2 is 1.79 bits per heavy atom. The molecule has 24 heavy (non-hydrogen) atoms. The van der Waals surface area contributed by atoms with E-state index in [1.54, 1.807) is 0 Å². The molecule has 138 valence electrons. The molecule has 9 heteroatoms. The highest BCUT2D eigenvalue weighted by Crippen LogP contribution is 2.38. The number of aliphatic hydroxyl groups excluding tert-OH is 3. The Bertz CT molecular complexity index is 450. The lowest BCUT2D eigenvalue weighted by Crippen LogP contribution is -2.60. The highest BCUT2D eigenvalue weighted by molar-refractivity contribution is 5.73. The number of hydrogen-bond acceptors (Lipinski definition) is 8. The minimum atomic E-state index is -1.73. The molecule has 1 unspecified atom stereocenters. The van der Waals surface area contributed by atoms with E-state index in [1.807, 2.05) is 0 Å². The average Bonchev–Trinajstić information content (AvgIpc) is 2.95. The second-order valence-corrected chi connectivity index (χ2v) is 6.59. The predicted octanol–water partition coefficient (Wildman–Crippen LogP) is -1.03. The van der Waals surface area contributed by atoms with Crippen LogP contribution in [0.3, 0.4) is 0 Å². The van der Waals surface area contributed by atoms with Gasteiger partial charge in [0.1, 0.15) is 24.4 Å². The smallest absolute Gasteiger partial charge is 0.335 e. The molecule has 3 rings (SSSR count). The van der Waals surface area contributed by atoms with E-state index in [4.69, 9.17) is 24.1 Å². The van der Waals surface area contributed by atoms with Crippen LogP contribution in [0.4, 0.5) is 0 Å². The minimum absolute atomic E-state index is 0.0264. The Balaban J connectivity index is 1.53. The second kappa shape index (κ2) is 7.20. The van der Waals surface area contributed by atoms with Crippen molar-refractivity contribution in [1.29, 1.82) is 0 Å². The number of aliphatic hydroxyl groups is 3. The number of carboxylic acid groups (broad SMARTS) is 1. The summed E-state index contributed by atoms with van der Waals surface area (Å²) in [6.45, 7) is 0.370. The van der Waals surface area contributed by atoms with Gasteiger partial charge in [0.15, 0.2) is 18.2 Å². The summed E-state index contributed by atoms with van der Waals surface area (Å²) in [6.07, 6.45) is -3.43. The van der Waals surface area contributed by atoms with Crippen LogP contribution in [0.5, 0.6) is 0 Å². The van der Waals surface area contributed by atoms with Crippen molar-refractivity contribution in [3.63, 3.8) is 0 Å². The molecule has 2 saturated heterocycles. The molecule has 6 atom stereocenters. The van der Waals surface area contributed by atoms with Gasteiger partial charge in [0, 0.05) is 12.8 Å². The number of carbonyl (C=O) groups is 1. The molecule has 0 amide bonds. The molecule has 0 bridgehead atoms. The molecular weight excluding hydrogens is 324 g/mol. The van der Waals surface area contributed by atoms with E-state index in [1.165, 1.54) is 0 Å². The summed E-state index contributed by atoms with van der Waals surface area (Å²) in [5, 5.41) is 38.3. The zero-order chi connectivity index (χ0) is 17.3. The highest BCUT2D eigenvalue weighted by atomic mass is 16.8. The fourth-order valence-corrected chi connectivity index (χ4v) is 3.44. The first kappa shape index (κ1) is 18.0. The molecule has 0 aromatic heterocycles. The Morgan fingerprint density at radius 1 is 1.08 bits per heavy atom. The van der Waals surface area contributed by atoms with Gasteiger partial charge >= 0.3 is 5.97 Å². The average molecular weight is 348 g/mol. The van der Waals surface area contributed by atoms with Crippen molar-refractivity contribution in [2.75, 3.05) is 13.2 Å². The van der Waals surface area contributed by atoms with Gasteiger partial charge in [0.25, 0.3) is 0 Å². The van der Waals surface area contributed by atoms with Crippen LogP contribution in [0.25, 0.3) is 0 Å². The molecule has 1 spiro atoms. The van der Waals surface area contributed by atoms with Crippen molar-refractivity contribution < 1.29 is 44.2 Å². The van der Waals surface area contributed by atoms with Gasteiger partial charge in [0.2, 0.25) is 0 Å². The van der Waals surface area contributed by atoms with E-state index in [0.717, 1.165) is 32.1 Å². The molecule has 4 N–H and O–H groups in total. The van der Waals surface area contributed by atoms with E-state index in [-0.39, 0.29) is 12.7 Å². The van der Waals surface area contributed by atoms with Crippen molar-refractivity contribution in [1.82, 2.24) is 0 Å². The zero-order valence-corrected chi connectivity index (χ0v) is 13.2. The molecule has 0 aromatic rings. The highest BCUT2D eigenvalue weighted by Gasteiger charge is 2.48. The Labute approximate surface area is 139 Å². The van der Waals surface area contributed by atoms with Crippen molar-refractivity contribution in [3.05, 3.63) is 0 Å². The summed E-state index contributed by atoms with van der Waals surface area (Å²) in [4.78, 5) is 11.0. The van der Waals surface area contributed by atoms with Crippen LogP contribution in [0, 0.1) is 0 Å². The third-order valence-electron chi connectivity index (χ3n) is 4.79. The predicted molar refractivity (Wildman–Crippen MR) is 76.9 cm³/mol. The monoisotopic (exact) mass is 348 g/mol. The lowest BCUT2D eigenvalue weighted by Gasteiger charge is -2.38. The maximum absolute atomic E-state index is 11.0. The van der Waals surface area contributed by atoms with Crippen LogP contribution >= 0.6 is 0 Å². The molecule has 0 radical (unpaired) electrons. The molecule has 0 aromatic carbocycles. The van der Waals surface area contributed by atoms with Crippen molar-refractivity contribution in [2.24, 2.45) is 0 Å². The lowest BCUT2D eigenvalue weighted by atomic mass is 9.94. The summed E-state index contributed by atoms with van der Waals surface area (Å²) in [5.41, 5.74) is 0. The van der Waals surface area contributed by atoms with Gasteiger partial charge in [-0.1, -0.05) is 6.42 Å². The first-order valence-electron chi connectivity index (χ1n) is 8.28. The van der Waals surface area contributed by atoms with Gasteiger partial charge in [-0.2, -0.15) is 0 Å². The van der Waals surface area contributed by atoms with Crippen LogP contribution in [0.2, 0.25) is 0 Å². The largest absolute Gasteiger partial charge is 0.479 e. The van der Waals surface area contributed by atoms with Crippen LogP contribution in [0.1, 0.15) is 32.1 Å². The van der Waals surface area contributed by atoms with Gasteiger partial charge in [0.05, 0.1) is 13.2 Å². The molecule has 3 fully saturated rings. The molecular formula is C15H24O9. The summed E-state index contributed by atoms with van der Waals surface area (Å²) in [7, 11) is 0. The van der Waals surface area contributed by atoms with E-state index < -0.39 is 42.5 Å². The van der Waals surface area contributed by atoms with Gasteiger partial charge in [-0.05, 0) is 12.8 Å². The fourth-order valence-electron chi connectivity index (χ4n) is 3.44. The maximum atomic E-state index is 11.0. The molecule has 9 nitrogen and oxygen atoms in total. The van der Waals surface area contributed by atoms with E-state index in [9.17, 15) is 20.1 Å². The lowest BCUT2D eigenvalue weighted by molar-refractivity contribution is -0.299. The number of carboxylic acids is 1.